The highest BCUT2D eigenvalue weighted by Gasteiger charge is 2.13. The van der Waals surface area contributed by atoms with Crippen LogP contribution in [0.4, 0.5) is 5.69 Å². The van der Waals surface area contributed by atoms with Crippen molar-refractivity contribution in [3.8, 4) is 11.5 Å². The van der Waals surface area contributed by atoms with Crippen molar-refractivity contribution in [2.75, 3.05) is 13.7 Å². The predicted molar refractivity (Wildman–Crippen MR) is 103 cm³/mol. The summed E-state index contributed by atoms with van der Waals surface area (Å²) in [6.45, 7) is 5.19. The fourth-order valence-electron chi connectivity index (χ4n) is 2.39. The Morgan fingerprint density at radius 3 is 2.81 bits per heavy atom. The van der Waals surface area contributed by atoms with E-state index in [0.29, 0.717) is 22.9 Å². The summed E-state index contributed by atoms with van der Waals surface area (Å²) in [6, 6.07) is 9.14. The topological polar surface area (TPSA) is 68.1 Å². The van der Waals surface area contributed by atoms with Gasteiger partial charge in [-0.2, -0.15) is 0 Å². The van der Waals surface area contributed by atoms with Crippen LogP contribution in [0.5, 0.6) is 11.5 Å². The van der Waals surface area contributed by atoms with Gasteiger partial charge in [-0.3, -0.25) is 4.99 Å². The van der Waals surface area contributed by atoms with Crippen LogP contribution in [-0.2, 0) is 11.2 Å². The molecule has 2 aromatic carbocycles. The number of rotatable bonds is 8. The van der Waals surface area contributed by atoms with Crippen molar-refractivity contribution in [1.29, 1.82) is 0 Å². The summed E-state index contributed by atoms with van der Waals surface area (Å²) in [5, 5.41) is 9.51. The fourth-order valence-corrected chi connectivity index (χ4v) is 2.56. The minimum absolute atomic E-state index is 0.394. The molecule has 136 valence electrons. The van der Waals surface area contributed by atoms with Crippen molar-refractivity contribution in [2.45, 2.75) is 13.3 Å². The number of hydrogen-bond donors (Lipinski definition) is 1. The Bertz CT molecular complexity index is 846. The van der Waals surface area contributed by atoms with E-state index < -0.39 is 12.6 Å². The highest BCUT2D eigenvalue weighted by molar-refractivity contribution is 6.31. The lowest BCUT2D eigenvalue weighted by molar-refractivity contribution is -0.139. The molecule has 0 saturated heterocycles. The Hall–Kier alpha value is -2.79. The molecule has 0 radical (unpaired) electrons. The largest absolute Gasteiger partial charge is 0.493 e. The van der Waals surface area contributed by atoms with Crippen LogP contribution in [0, 0.1) is 6.92 Å². The number of ether oxygens (including phenoxy) is 2. The molecule has 1 N–H and O–H groups in total. The van der Waals surface area contributed by atoms with Crippen LogP contribution in [0.1, 0.15) is 16.7 Å². The quantitative estimate of drug-likeness (QED) is 0.542. The lowest BCUT2D eigenvalue weighted by Gasteiger charge is -2.14. The van der Waals surface area contributed by atoms with Crippen molar-refractivity contribution >= 4 is 29.5 Å². The second kappa shape index (κ2) is 9.06. The van der Waals surface area contributed by atoms with E-state index in [-0.39, 0.29) is 0 Å². The number of aliphatic carboxylic acids is 1. The monoisotopic (exact) mass is 373 g/mol. The number of hydrogen-bond acceptors (Lipinski definition) is 4. The Kier molecular flexibility index (Phi) is 6.81. The molecule has 0 saturated carbocycles. The standard InChI is InChI=1S/C20H20ClNO4/c1-4-6-15-9-14(10-18(25-3)20(15)26-12-19(23)24)11-22-17-8-5-7-16(21)13(17)2/h4-5,7-11H,1,6,12H2,2-3H3,(H,23,24). The van der Waals surface area contributed by atoms with Gasteiger partial charge in [0.2, 0.25) is 0 Å². The van der Waals surface area contributed by atoms with Crippen LogP contribution >= 0.6 is 11.6 Å². The zero-order valence-corrected chi connectivity index (χ0v) is 15.4. The fraction of sp³-hybridized carbons (Fsp3) is 0.200. The third-order valence-corrected chi connectivity index (χ3v) is 4.08. The number of carbonyl (C=O) groups is 1. The first-order valence-corrected chi connectivity index (χ1v) is 8.29. The van der Waals surface area contributed by atoms with Gasteiger partial charge < -0.3 is 14.6 Å². The van der Waals surface area contributed by atoms with Gasteiger partial charge in [0.15, 0.2) is 18.1 Å². The molecule has 0 aromatic heterocycles. The summed E-state index contributed by atoms with van der Waals surface area (Å²) in [5.74, 6) is -0.223. The van der Waals surface area contributed by atoms with Gasteiger partial charge in [0.05, 0.1) is 12.8 Å². The highest BCUT2D eigenvalue weighted by atomic mass is 35.5. The maximum atomic E-state index is 10.8. The minimum Gasteiger partial charge on any atom is -0.493 e. The molecule has 0 unspecified atom stereocenters. The number of nitrogens with zero attached hydrogens (tertiary/aromatic N) is 1. The Balaban J connectivity index is 2.41. The third kappa shape index (κ3) is 4.86. The van der Waals surface area contributed by atoms with Crippen LogP contribution < -0.4 is 9.47 Å². The van der Waals surface area contributed by atoms with E-state index in [1.807, 2.05) is 31.2 Å². The van der Waals surface area contributed by atoms with Gasteiger partial charge in [0.1, 0.15) is 0 Å². The molecular formula is C20H20ClNO4. The second-order valence-corrected chi connectivity index (χ2v) is 5.94. The van der Waals surface area contributed by atoms with Gasteiger partial charge in [-0.15, -0.1) is 6.58 Å². The molecule has 0 atom stereocenters. The average Bonchev–Trinajstić information content (AvgIpc) is 2.61. The highest BCUT2D eigenvalue weighted by Crippen LogP contribution is 2.33. The second-order valence-electron chi connectivity index (χ2n) is 5.53. The maximum absolute atomic E-state index is 10.8. The molecule has 26 heavy (non-hydrogen) atoms. The molecule has 6 heteroatoms. The van der Waals surface area contributed by atoms with E-state index in [9.17, 15) is 4.79 Å². The summed E-state index contributed by atoms with van der Waals surface area (Å²) in [6.07, 6.45) is 3.92. The lowest BCUT2D eigenvalue weighted by atomic mass is 10.1. The number of allylic oxidation sites excluding steroid dienone is 1. The minimum atomic E-state index is -1.06. The Morgan fingerprint density at radius 2 is 2.15 bits per heavy atom. The summed E-state index contributed by atoms with van der Waals surface area (Å²) in [7, 11) is 1.50. The number of benzene rings is 2. The SMILES string of the molecule is C=CCc1cc(C=Nc2cccc(Cl)c2C)cc(OC)c1OCC(=O)O. The molecule has 0 aliphatic heterocycles. The summed E-state index contributed by atoms with van der Waals surface area (Å²) < 4.78 is 10.8. The average molecular weight is 374 g/mol. The number of methoxy groups -OCH3 is 1. The van der Waals surface area contributed by atoms with Crippen molar-refractivity contribution in [3.05, 3.63) is 64.7 Å². The molecule has 2 rings (SSSR count). The van der Waals surface area contributed by atoms with Gasteiger partial charge in [0.25, 0.3) is 0 Å². The number of carboxylic acids is 1. The van der Waals surface area contributed by atoms with Crippen molar-refractivity contribution < 1.29 is 19.4 Å². The first-order valence-electron chi connectivity index (χ1n) is 7.91. The van der Waals surface area contributed by atoms with E-state index in [1.165, 1.54) is 7.11 Å². The smallest absolute Gasteiger partial charge is 0.341 e. The third-order valence-electron chi connectivity index (χ3n) is 3.67. The summed E-state index contributed by atoms with van der Waals surface area (Å²) in [5.41, 5.74) is 3.23. The molecule has 0 bridgehead atoms. The molecule has 0 amide bonds. The van der Waals surface area contributed by atoms with Gasteiger partial charge in [0, 0.05) is 16.8 Å². The molecule has 0 fully saturated rings. The molecular weight excluding hydrogens is 354 g/mol. The predicted octanol–water partition coefficient (Wildman–Crippen LogP) is 4.60. The molecule has 0 aliphatic rings. The summed E-state index contributed by atoms with van der Waals surface area (Å²) >= 11 is 6.12. The van der Waals surface area contributed by atoms with Crippen LogP contribution in [0.2, 0.25) is 5.02 Å². The van der Waals surface area contributed by atoms with Gasteiger partial charge in [-0.05, 0) is 48.7 Å². The van der Waals surface area contributed by atoms with Crippen LogP contribution in [-0.4, -0.2) is 31.0 Å². The van der Waals surface area contributed by atoms with E-state index in [0.717, 1.165) is 22.4 Å². The van der Waals surface area contributed by atoms with Crippen LogP contribution in [0.3, 0.4) is 0 Å². The zero-order chi connectivity index (χ0) is 19.1. The van der Waals surface area contributed by atoms with Crippen molar-refractivity contribution in [3.63, 3.8) is 0 Å². The van der Waals surface area contributed by atoms with Crippen LogP contribution in [0.25, 0.3) is 0 Å². The van der Waals surface area contributed by atoms with E-state index in [4.69, 9.17) is 26.2 Å². The van der Waals surface area contributed by atoms with E-state index in [2.05, 4.69) is 11.6 Å². The Morgan fingerprint density at radius 1 is 1.38 bits per heavy atom. The Labute approximate surface area is 157 Å². The van der Waals surface area contributed by atoms with Crippen molar-refractivity contribution in [1.82, 2.24) is 0 Å². The van der Waals surface area contributed by atoms with Gasteiger partial charge in [-0.25, -0.2) is 4.79 Å². The van der Waals surface area contributed by atoms with E-state index in [1.54, 1.807) is 18.4 Å². The van der Waals surface area contributed by atoms with E-state index >= 15 is 0 Å². The molecule has 0 spiro atoms. The lowest BCUT2D eigenvalue weighted by Crippen LogP contribution is -2.11. The number of aliphatic imine (C=N–C) groups is 1. The molecule has 2 aromatic rings. The first kappa shape index (κ1) is 19.5. The number of halogens is 1. The molecule has 0 aliphatic carbocycles. The first-order chi connectivity index (χ1) is 12.5. The normalized spacial score (nSPS) is 10.7. The molecule has 0 heterocycles. The maximum Gasteiger partial charge on any atom is 0.341 e. The van der Waals surface area contributed by atoms with Crippen LogP contribution in [0.15, 0.2) is 48.0 Å². The zero-order valence-electron chi connectivity index (χ0n) is 14.7. The van der Waals surface area contributed by atoms with Gasteiger partial charge >= 0.3 is 5.97 Å². The van der Waals surface area contributed by atoms with Crippen molar-refractivity contribution in [2.24, 2.45) is 4.99 Å². The molecule has 5 nitrogen and oxygen atoms in total. The summed E-state index contributed by atoms with van der Waals surface area (Å²) in [4.78, 5) is 15.3. The number of carboxylic acid groups (broad SMARTS) is 1. The van der Waals surface area contributed by atoms with Gasteiger partial charge in [-0.1, -0.05) is 23.7 Å².